The predicted molar refractivity (Wildman–Crippen MR) is 98.6 cm³/mol. The summed E-state index contributed by atoms with van der Waals surface area (Å²) in [7, 11) is 0. The molecule has 7 heteroatoms. The first-order chi connectivity index (χ1) is 12.7. The Hall–Kier alpha value is -2.12. The second-order valence-electron chi connectivity index (χ2n) is 6.87. The van der Waals surface area contributed by atoms with Gasteiger partial charge in [0.1, 0.15) is 11.8 Å². The molecular formula is C19H23N3O3S. The van der Waals surface area contributed by atoms with Gasteiger partial charge in [0.2, 0.25) is 11.8 Å². The predicted octanol–water partition coefficient (Wildman–Crippen LogP) is 2.01. The standard InChI is InChI=1S/C19H23N3O3S/c23-18(13-21-8-5-17-14(12-21)6-10-26-17)22-7-1-4-16(22)19(24)20-11-15-3-2-9-25-15/h2-3,6,9-10,16H,1,4-5,7-8,11-13H2,(H,20,24)/t16-/m0/s1. The van der Waals surface area contributed by atoms with Gasteiger partial charge < -0.3 is 14.6 Å². The molecule has 26 heavy (non-hydrogen) atoms. The number of amides is 2. The number of carbonyl (C=O) groups is 2. The molecular weight excluding hydrogens is 350 g/mol. The summed E-state index contributed by atoms with van der Waals surface area (Å²) < 4.78 is 5.24. The molecule has 6 nitrogen and oxygen atoms in total. The number of thiophene rings is 1. The quantitative estimate of drug-likeness (QED) is 0.871. The second kappa shape index (κ2) is 7.63. The monoisotopic (exact) mass is 373 g/mol. The Kier molecular flexibility index (Phi) is 5.08. The van der Waals surface area contributed by atoms with Gasteiger partial charge >= 0.3 is 0 Å². The molecule has 2 amide bonds. The van der Waals surface area contributed by atoms with Crippen LogP contribution in [0.4, 0.5) is 0 Å². The number of hydrogen-bond donors (Lipinski definition) is 1. The minimum atomic E-state index is -0.362. The summed E-state index contributed by atoms with van der Waals surface area (Å²) in [6.07, 6.45) is 4.20. The summed E-state index contributed by atoms with van der Waals surface area (Å²) in [6, 6.07) is 5.41. The molecule has 2 aromatic heterocycles. The van der Waals surface area contributed by atoms with Gasteiger partial charge in [-0.05, 0) is 48.4 Å². The molecule has 1 N–H and O–H groups in total. The Labute approximate surface area is 156 Å². The van der Waals surface area contributed by atoms with Crippen molar-refractivity contribution in [2.24, 2.45) is 0 Å². The normalized spacial score (nSPS) is 20.2. The molecule has 2 aliphatic heterocycles. The van der Waals surface area contributed by atoms with E-state index in [2.05, 4.69) is 21.7 Å². The van der Waals surface area contributed by atoms with Crippen LogP contribution in [0, 0.1) is 0 Å². The molecule has 0 spiro atoms. The van der Waals surface area contributed by atoms with E-state index in [1.54, 1.807) is 28.6 Å². The van der Waals surface area contributed by atoms with Crippen molar-refractivity contribution in [3.8, 4) is 0 Å². The zero-order valence-electron chi connectivity index (χ0n) is 14.6. The van der Waals surface area contributed by atoms with Gasteiger partial charge in [-0.1, -0.05) is 0 Å². The van der Waals surface area contributed by atoms with Crippen LogP contribution >= 0.6 is 11.3 Å². The summed E-state index contributed by atoms with van der Waals surface area (Å²) in [6.45, 7) is 3.14. The van der Waals surface area contributed by atoms with Crippen molar-refractivity contribution >= 4 is 23.2 Å². The number of carbonyl (C=O) groups excluding carboxylic acids is 2. The number of likely N-dealkylation sites (tertiary alicyclic amines) is 1. The highest BCUT2D eigenvalue weighted by atomic mass is 32.1. The molecule has 0 saturated carbocycles. The number of nitrogens with zero attached hydrogens (tertiary/aromatic N) is 2. The van der Waals surface area contributed by atoms with E-state index < -0.39 is 0 Å². The minimum Gasteiger partial charge on any atom is -0.467 e. The highest BCUT2D eigenvalue weighted by Gasteiger charge is 2.34. The van der Waals surface area contributed by atoms with E-state index >= 15 is 0 Å². The highest BCUT2D eigenvalue weighted by molar-refractivity contribution is 7.10. The van der Waals surface area contributed by atoms with Crippen molar-refractivity contribution in [3.05, 3.63) is 46.0 Å². The number of fused-ring (bicyclic) bond motifs is 1. The molecule has 0 radical (unpaired) electrons. The molecule has 0 unspecified atom stereocenters. The SMILES string of the molecule is O=C(NCc1ccco1)[C@@H]1CCCN1C(=O)CN1CCc2sccc2C1. The van der Waals surface area contributed by atoms with Gasteiger partial charge in [0.05, 0.1) is 19.4 Å². The molecule has 1 fully saturated rings. The van der Waals surface area contributed by atoms with Crippen LogP contribution in [0.3, 0.4) is 0 Å². The maximum atomic E-state index is 12.8. The second-order valence-corrected chi connectivity index (χ2v) is 7.87. The maximum absolute atomic E-state index is 12.8. The molecule has 1 saturated heterocycles. The van der Waals surface area contributed by atoms with Crippen LogP contribution in [-0.4, -0.2) is 47.3 Å². The fourth-order valence-electron chi connectivity index (χ4n) is 3.77. The average Bonchev–Trinajstić information content (AvgIpc) is 3.40. The van der Waals surface area contributed by atoms with Crippen LogP contribution in [0.2, 0.25) is 0 Å². The lowest BCUT2D eigenvalue weighted by molar-refractivity contribution is -0.139. The third kappa shape index (κ3) is 3.68. The molecule has 0 aromatic carbocycles. The fourth-order valence-corrected chi connectivity index (χ4v) is 4.66. The Morgan fingerprint density at radius 2 is 2.23 bits per heavy atom. The van der Waals surface area contributed by atoms with Gasteiger partial charge in [0, 0.05) is 24.5 Å². The van der Waals surface area contributed by atoms with Crippen molar-refractivity contribution in [2.45, 2.75) is 38.4 Å². The van der Waals surface area contributed by atoms with Crippen LogP contribution in [-0.2, 0) is 29.1 Å². The van der Waals surface area contributed by atoms with E-state index in [4.69, 9.17) is 4.42 Å². The summed E-state index contributed by atoms with van der Waals surface area (Å²) in [5, 5.41) is 5.01. The lowest BCUT2D eigenvalue weighted by atomic mass is 10.1. The van der Waals surface area contributed by atoms with Gasteiger partial charge in [0.25, 0.3) is 0 Å². The van der Waals surface area contributed by atoms with Crippen molar-refractivity contribution in [1.29, 1.82) is 0 Å². The molecule has 138 valence electrons. The molecule has 0 aliphatic carbocycles. The van der Waals surface area contributed by atoms with Gasteiger partial charge in [-0.2, -0.15) is 0 Å². The number of rotatable bonds is 5. The van der Waals surface area contributed by atoms with E-state index in [-0.39, 0.29) is 17.9 Å². The lowest BCUT2D eigenvalue weighted by Crippen LogP contribution is -2.49. The van der Waals surface area contributed by atoms with E-state index in [0.29, 0.717) is 25.4 Å². The topological polar surface area (TPSA) is 65.8 Å². The van der Waals surface area contributed by atoms with Crippen LogP contribution in [0.1, 0.15) is 29.0 Å². The highest BCUT2D eigenvalue weighted by Crippen LogP contribution is 2.24. The number of furan rings is 1. The summed E-state index contributed by atoms with van der Waals surface area (Å²) >= 11 is 1.80. The van der Waals surface area contributed by atoms with E-state index in [1.807, 2.05) is 6.07 Å². The molecule has 0 bridgehead atoms. The molecule has 2 aromatic rings. The van der Waals surface area contributed by atoms with Crippen LogP contribution in [0.15, 0.2) is 34.3 Å². The average molecular weight is 373 g/mol. The summed E-state index contributed by atoms with van der Waals surface area (Å²) in [4.78, 5) is 30.7. The minimum absolute atomic E-state index is 0.0549. The van der Waals surface area contributed by atoms with Gasteiger partial charge in [0.15, 0.2) is 0 Å². The molecule has 4 heterocycles. The zero-order chi connectivity index (χ0) is 17.9. The third-order valence-electron chi connectivity index (χ3n) is 5.14. The maximum Gasteiger partial charge on any atom is 0.243 e. The first kappa shape index (κ1) is 17.3. The Morgan fingerprint density at radius 1 is 1.31 bits per heavy atom. The van der Waals surface area contributed by atoms with Crippen molar-refractivity contribution < 1.29 is 14.0 Å². The Balaban J connectivity index is 1.32. The van der Waals surface area contributed by atoms with Gasteiger partial charge in [-0.3, -0.25) is 14.5 Å². The number of nitrogens with one attached hydrogen (secondary N) is 1. The molecule has 4 rings (SSSR count). The Bertz CT molecular complexity index is 771. The number of hydrogen-bond acceptors (Lipinski definition) is 5. The van der Waals surface area contributed by atoms with Crippen molar-refractivity contribution in [3.63, 3.8) is 0 Å². The van der Waals surface area contributed by atoms with Crippen LogP contribution in [0.25, 0.3) is 0 Å². The Morgan fingerprint density at radius 3 is 3.08 bits per heavy atom. The molecule has 2 aliphatic rings. The summed E-state index contributed by atoms with van der Waals surface area (Å²) in [5.74, 6) is 0.680. The van der Waals surface area contributed by atoms with Gasteiger partial charge in [-0.15, -0.1) is 11.3 Å². The lowest BCUT2D eigenvalue weighted by Gasteiger charge is -2.30. The fraction of sp³-hybridized carbons (Fsp3) is 0.474. The van der Waals surface area contributed by atoms with E-state index in [1.165, 1.54) is 10.4 Å². The molecule has 1 atom stereocenters. The van der Waals surface area contributed by atoms with Gasteiger partial charge in [-0.25, -0.2) is 0 Å². The van der Waals surface area contributed by atoms with Crippen molar-refractivity contribution in [2.75, 3.05) is 19.6 Å². The largest absolute Gasteiger partial charge is 0.467 e. The van der Waals surface area contributed by atoms with E-state index in [0.717, 1.165) is 32.4 Å². The van der Waals surface area contributed by atoms with Crippen molar-refractivity contribution in [1.82, 2.24) is 15.1 Å². The smallest absolute Gasteiger partial charge is 0.243 e. The van der Waals surface area contributed by atoms with Crippen LogP contribution < -0.4 is 5.32 Å². The third-order valence-corrected chi connectivity index (χ3v) is 6.16. The first-order valence-electron chi connectivity index (χ1n) is 9.08. The summed E-state index contributed by atoms with van der Waals surface area (Å²) in [5.41, 5.74) is 1.34. The van der Waals surface area contributed by atoms with Crippen LogP contribution in [0.5, 0.6) is 0 Å². The van der Waals surface area contributed by atoms with E-state index in [9.17, 15) is 9.59 Å². The first-order valence-corrected chi connectivity index (χ1v) is 9.96. The zero-order valence-corrected chi connectivity index (χ0v) is 15.5.